The van der Waals surface area contributed by atoms with Crippen LogP contribution in [0.5, 0.6) is 0 Å². The van der Waals surface area contributed by atoms with Crippen LogP contribution in [0.3, 0.4) is 0 Å². The zero-order valence-corrected chi connectivity index (χ0v) is 56.4. The van der Waals surface area contributed by atoms with Gasteiger partial charge in [-0.2, -0.15) is 0 Å². The highest BCUT2D eigenvalue weighted by atomic mass is 15.1. The lowest BCUT2D eigenvalue weighted by atomic mass is 9.81. The van der Waals surface area contributed by atoms with Crippen LogP contribution >= 0.6 is 0 Å². The Morgan fingerprint density at radius 1 is 0.150 bits per heavy atom. The van der Waals surface area contributed by atoms with Gasteiger partial charge in [0.25, 0.3) is 0 Å². The summed E-state index contributed by atoms with van der Waals surface area (Å²) in [5.74, 6) is 0. The Morgan fingerprint density at radius 3 is 0.590 bits per heavy atom. The normalized spacial score (nSPS) is 11.6. The maximum Gasteiger partial charge on any atom is 0.0462 e. The maximum absolute atomic E-state index is 2.51. The molecule has 0 N–H and O–H groups in total. The van der Waals surface area contributed by atoms with Gasteiger partial charge in [-0.15, -0.1) is 0 Å². The van der Waals surface area contributed by atoms with E-state index >= 15 is 0 Å². The van der Waals surface area contributed by atoms with E-state index in [0.717, 1.165) is 61.9 Å². The van der Waals surface area contributed by atoms with E-state index in [9.17, 15) is 0 Å². The van der Waals surface area contributed by atoms with Crippen LogP contribution in [-0.4, -0.2) is 0 Å². The van der Waals surface area contributed by atoms with Crippen molar-refractivity contribution in [3.8, 4) is 66.8 Å². The van der Waals surface area contributed by atoms with Crippen LogP contribution in [0.4, 0.5) is 34.1 Å². The fourth-order valence-electron chi connectivity index (χ4n) is 15.9. The molecule has 0 saturated heterocycles. The molecule has 0 aliphatic heterocycles. The highest BCUT2D eigenvalue weighted by Crippen LogP contribution is 2.52. The molecule has 0 unspecified atom stereocenters. The Morgan fingerprint density at radius 2 is 0.340 bits per heavy atom. The summed E-state index contributed by atoms with van der Waals surface area (Å²) in [6.07, 6.45) is 0. The average molecular weight is 1280 g/mol. The smallest absolute Gasteiger partial charge is 0.0462 e. The first-order valence-corrected chi connectivity index (χ1v) is 34.8. The minimum atomic E-state index is 1.10. The van der Waals surface area contributed by atoms with Gasteiger partial charge in [-0.1, -0.05) is 277 Å². The van der Waals surface area contributed by atoms with Crippen molar-refractivity contribution in [3.05, 3.63) is 374 Å². The number of benzene rings is 18. The summed E-state index contributed by atoms with van der Waals surface area (Å²) in [5.41, 5.74) is 25.9. The lowest BCUT2D eigenvalue weighted by Crippen LogP contribution is -2.09. The molecule has 0 saturated carbocycles. The fraction of sp³-hybridized carbons (Fsp3) is 0.0408. The van der Waals surface area contributed by atoms with Crippen molar-refractivity contribution in [1.29, 1.82) is 0 Å². The van der Waals surface area contributed by atoms with Crippen LogP contribution in [0.1, 0.15) is 22.3 Å². The Hall–Kier alpha value is -12.6. The molecule has 472 valence electrons. The third kappa shape index (κ3) is 10.4. The van der Waals surface area contributed by atoms with Crippen molar-refractivity contribution in [2.24, 2.45) is 0 Å². The molecule has 100 heavy (non-hydrogen) atoms. The SMILES string of the molecule is Cc1ccc(N(c2ccc(C)cc2)c2ccc(-c3c4ccccc4c(-c4cc(-c5c6ccccc6c(-c6ccc(N(c7ccc(C)cc7)c7ccc(C)cc7)cc6)c6ccccc56)cc(-c5c6ccccc6c(-c6ccc7ccccc7c6)c6ccccc56)c4)c4ccccc34)cc2)cc1. The number of hydrogen-bond acceptors (Lipinski definition) is 2. The van der Waals surface area contributed by atoms with E-state index in [0.29, 0.717) is 0 Å². The first kappa shape index (κ1) is 59.8. The summed E-state index contributed by atoms with van der Waals surface area (Å²) in [4.78, 5) is 4.72. The Labute approximate surface area is 584 Å². The standard InChI is InChI=1S/C98H70N2/c1-63-33-47-75(48-34-63)99(76-49-35-64(2)36-50-76)79-55-43-68(44-56-79)93-81-21-7-13-27-87(81)96(88-28-14-8-22-82(88)93)72-60-73(62-74(61-72)98-91-31-17-11-25-85(91)95(86-26-12-18-32-92(86)98)71-42-41-67-19-5-6-20-70(67)59-71)97-89-29-15-9-23-83(89)94(84-24-10-16-30-90(84)97)69-45-57-80(58-46-69)100(77-51-37-65(3)38-52-77)78-53-39-66(4)40-54-78/h5-62H,1-4H3. The van der Waals surface area contributed by atoms with Crippen molar-refractivity contribution >= 4 is 110 Å². The van der Waals surface area contributed by atoms with E-state index in [1.165, 1.54) is 137 Å². The van der Waals surface area contributed by atoms with Crippen molar-refractivity contribution in [2.75, 3.05) is 9.80 Å². The van der Waals surface area contributed by atoms with Gasteiger partial charge in [-0.05, 0) is 267 Å². The molecule has 0 aromatic heterocycles. The lowest BCUT2D eigenvalue weighted by molar-refractivity contribution is 1.27. The van der Waals surface area contributed by atoms with Gasteiger partial charge in [0.2, 0.25) is 0 Å². The Kier molecular flexibility index (Phi) is 14.8. The molecule has 2 nitrogen and oxygen atoms in total. The van der Waals surface area contributed by atoms with Crippen molar-refractivity contribution in [3.63, 3.8) is 0 Å². The zero-order chi connectivity index (χ0) is 67.0. The van der Waals surface area contributed by atoms with Crippen molar-refractivity contribution < 1.29 is 0 Å². The van der Waals surface area contributed by atoms with Gasteiger partial charge in [-0.25, -0.2) is 0 Å². The van der Waals surface area contributed by atoms with Crippen LogP contribution in [0, 0.1) is 27.7 Å². The maximum atomic E-state index is 2.51. The van der Waals surface area contributed by atoms with Crippen LogP contribution in [-0.2, 0) is 0 Å². The first-order chi connectivity index (χ1) is 49.2. The number of aryl methyl sites for hydroxylation is 4. The molecule has 0 fully saturated rings. The van der Waals surface area contributed by atoms with Crippen LogP contribution in [0.15, 0.2) is 352 Å². The quantitative estimate of drug-likeness (QED) is 0.113. The second kappa shape index (κ2) is 24.8. The molecule has 18 aromatic carbocycles. The molecule has 0 bridgehead atoms. The van der Waals surface area contributed by atoms with E-state index in [1.54, 1.807) is 0 Å². The fourth-order valence-corrected chi connectivity index (χ4v) is 15.9. The second-order valence-corrected chi connectivity index (χ2v) is 27.0. The summed E-state index contributed by atoms with van der Waals surface area (Å²) >= 11 is 0. The Balaban J connectivity index is 0.873. The summed E-state index contributed by atoms with van der Waals surface area (Å²) in [5, 5.41) is 16.9. The van der Waals surface area contributed by atoms with E-state index in [1.807, 2.05) is 0 Å². The largest absolute Gasteiger partial charge is 0.311 e. The summed E-state index contributed by atoms with van der Waals surface area (Å²) in [7, 11) is 0. The molecule has 0 spiro atoms. The molecule has 18 rings (SSSR count). The van der Waals surface area contributed by atoms with Gasteiger partial charge in [0.1, 0.15) is 0 Å². The predicted molar refractivity (Wildman–Crippen MR) is 430 cm³/mol. The predicted octanol–water partition coefficient (Wildman–Crippen LogP) is 27.9. The molecule has 0 radical (unpaired) electrons. The van der Waals surface area contributed by atoms with E-state index in [2.05, 4.69) is 389 Å². The molecular weight excluding hydrogens is 1210 g/mol. The highest BCUT2D eigenvalue weighted by molar-refractivity contribution is 6.26. The first-order valence-electron chi connectivity index (χ1n) is 34.8. The Bertz CT molecular complexity index is 5660. The number of fused-ring (bicyclic) bond motifs is 7. The topological polar surface area (TPSA) is 6.48 Å². The number of anilines is 6. The molecule has 0 heterocycles. The minimum Gasteiger partial charge on any atom is -0.311 e. The van der Waals surface area contributed by atoms with Crippen LogP contribution in [0.2, 0.25) is 0 Å². The van der Waals surface area contributed by atoms with Crippen molar-refractivity contribution in [1.82, 2.24) is 0 Å². The number of hydrogen-bond donors (Lipinski definition) is 0. The van der Waals surface area contributed by atoms with Crippen LogP contribution < -0.4 is 9.80 Å². The molecule has 0 aliphatic rings. The zero-order valence-electron chi connectivity index (χ0n) is 56.4. The third-order valence-electron chi connectivity index (χ3n) is 20.6. The molecule has 2 heteroatoms. The van der Waals surface area contributed by atoms with Gasteiger partial charge >= 0.3 is 0 Å². The van der Waals surface area contributed by atoms with E-state index < -0.39 is 0 Å². The molecular formula is C98H70N2. The second-order valence-electron chi connectivity index (χ2n) is 27.0. The summed E-state index contributed by atoms with van der Waals surface area (Å²) in [6, 6.07) is 132. The minimum absolute atomic E-state index is 1.10. The van der Waals surface area contributed by atoms with Crippen LogP contribution in [0.25, 0.3) is 142 Å². The monoisotopic (exact) mass is 1270 g/mol. The van der Waals surface area contributed by atoms with Gasteiger partial charge in [-0.3, -0.25) is 0 Å². The number of nitrogens with zero attached hydrogens (tertiary/aromatic N) is 2. The van der Waals surface area contributed by atoms with E-state index in [-0.39, 0.29) is 0 Å². The van der Waals surface area contributed by atoms with Gasteiger partial charge < -0.3 is 9.80 Å². The molecule has 0 atom stereocenters. The molecule has 18 aromatic rings. The van der Waals surface area contributed by atoms with Crippen molar-refractivity contribution in [2.45, 2.75) is 27.7 Å². The molecule has 0 amide bonds. The summed E-state index contributed by atoms with van der Waals surface area (Å²) in [6.45, 7) is 8.60. The van der Waals surface area contributed by atoms with Gasteiger partial charge in [0.05, 0.1) is 0 Å². The lowest BCUT2D eigenvalue weighted by Gasteiger charge is -2.26. The summed E-state index contributed by atoms with van der Waals surface area (Å²) < 4.78 is 0. The van der Waals surface area contributed by atoms with E-state index in [4.69, 9.17) is 0 Å². The number of rotatable bonds is 12. The highest BCUT2D eigenvalue weighted by Gasteiger charge is 2.25. The van der Waals surface area contributed by atoms with Gasteiger partial charge in [0.15, 0.2) is 0 Å². The molecule has 0 aliphatic carbocycles. The average Bonchev–Trinajstić information content (AvgIpc) is 0.723. The van der Waals surface area contributed by atoms with Gasteiger partial charge in [0, 0.05) is 34.1 Å². The third-order valence-corrected chi connectivity index (χ3v) is 20.6.